The van der Waals surface area contributed by atoms with Gasteiger partial charge in [0, 0.05) is 24.7 Å². The number of H-pyrrole nitrogens is 1. The van der Waals surface area contributed by atoms with E-state index < -0.39 is 0 Å². The lowest BCUT2D eigenvalue weighted by molar-refractivity contribution is 0.189. The smallest absolute Gasteiger partial charge is 0.322 e. The Labute approximate surface area is 170 Å². The maximum atomic E-state index is 13.1. The van der Waals surface area contributed by atoms with Gasteiger partial charge in [-0.05, 0) is 74.2 Å². The topological polar surface area (TPSA) is 61.0 Å². The summed E-state index contributed by atoms with van der Waals surface area (Å²) in [6, 6.07) is 10.2. The summed E-state index contributed by atoms with van der Waals surface area (Å²) < 4.78 is 13.1. The fourth-order valence-electron chi connectivity index (χ4n) is 4.06. The van der Waals surface area contributed by atoms with E-state index in [9.17, 15) is 9.18 Å². The van der Waals surface area contributed by atoms with Gasteiger partial charge in [-0.25, -0.2) is 14.2 Å². The van der Waals surface area contributed by atoms with Crippen molar-refractivity contribution in [3.05, 3.63) is 59.2 Å². The predicted octanol–water partition coefficient (Wildman–Crippen LogP) is 5.34. The van der Waals surface area contributed by atoms with Gasteiger partial charge in [-0.3, -0.25) is 0 Å². The largest absolute Gasteiger partial charge is 0.342 e. The van der Waals surface area contributed by atoms with Gasteiger partial charge in [0.25, 0.3) is 0 Å². The second-order valence-corrected chi connectivity index (χ2v) is 7.96. The average molecular weight is 394 g/mol. The first-order valence-corrected chi connectivity index (χ1v) is 10.3. The van der Waals surface area contributed by atoms with Crippen LogP contribution >= 0.6 is 0 Å². The van der Waals surface area contributed by atoms with Crippen molar-refractivity contribution < 1.29 is 9.18 Å². The van der Waals surface area contributed by atoms with E-state index in [0.29, 0.717) is 18.7 Å². The van der Waals surface area contributed by atoms with E-state index in [-0.39, 0.29) is 17.9 Å². The van der Waals surface area contributed by atoms with Gasteiger partial charge < -0.3 is 15.2 Å². The Bertz CT molecular complexity index is 967. The molecular formula is C23H27FN4O. The van der Waals surface area contributed by atoms with Gasteiger partial charge in [-0.1, -0.05) is 12.8 Å². The van der Waals surface area contributed by atoms with E-state index in [0.717, 1.165) is 42.5 Å². The number of benzene rings is 2. The number of aryl methyl sites for hydroxylation is 2. The van der Waals surface area contributed by atoms with Gasteiger partial charge in [0.1, 0.15) is 11.6 Å². The van der Waals surface area contributed by atoms with Crippen LogP contribution in [0.25, 0.3) is 11.0 Å². The third-order valence-electron chi connectivity index (χ3n) is 5.86. The molecule has 3 aromatic rings. The number of aromatic nitrogens is 2. The summed E-state index contributed by atoms with van der Waals surface area (Å²) in [6.45, 7) is 4.77. The van der Waals surface area contributed by atoms with E-state index in [1.165, 1.54) is 23.3 Å². The Morgan fingerprint density at radius 1 is 1.17 bits per heavy atom. The van der Waals surface area contributed by atoms with Crippen LogP contribution in [0.3, 0.4) is 0 Å². The highest BCUT2D eigenvalue weighted by Gasteiger charge is 2.27. The molecule has 1 fully saturated rings. The van der Waals surface area contributed by atoms with Crippen LogP contribution in [0.4, 0.5) is 14.9 Å². The molecule has 2 aromatic carbocycles. The normalized spacial score (nSPS) is 14.4. The molecule has 1 aliphatic rings. The summed E-state index contributed by atoms with van der Waals surface area (Å²) in [5.41, 5.74) is 5.06. The minimum Gasteiger partial charge on any atom is -0.342 e. The van der Waals surface area contributed by atoms with Crippen LogP contribution in [-0.2, 0) is 6.42 Å². The number of nitrogens with zero attached hydrogens (tertiary/aromatic N) is 2. The summed E-state index contributed by atoms with van der Waals surface area (Å²) in [6.07, 6.45) is 5.01. The molecule has 0 spiro atoms. The molecular weight excluding hydrogens is 367 g/mol. The van der Waals surface area contributed by atoms with Crippen LogP contribution in [0.1, 0.15) is 42.6 Å². The number of aromatic amines is 1. The van der Waals surface area contributed by atoms with Crippen molar-refractivity contribution in [1.82, 2.24) is 14.9 Å². The van der Waals surface area contributed by atoms with Crippen molar-refractivity contribution in [2.24, 2.45) is 0 Å². The number of hydrogen-bond acceptors (Lipinski definition) is 2. The van der Waals surface area contributed by atoms with E-state index >= 15 is 0 Å². The number of carbonyl (C=O) groups is 1. The number of anilines is 1. The molecule has 6 heteroatoms. The van der Waals surface area contributed by atoms with Crippen molar-refractivity contribution in [2.45, 2.75) is 52.0 Å². The lowest BCUT2D eigenvalue weighted by Crippen LogP contribution is -2.43. The van der Waals surface area contributed by atoms with E-state index in [1.807, 2.05) is 4.90 Å². The molecule has 1 aromatic heterocycles. The monoisotopic (exact) mass is 394 g/mol. The third-order valence-corrected chi connectivity index (χ3v) is 5.86. The SMILES string of the molecule is Cc1cc2nc(CCN(C(=O)Nc3ccc(F)cc3)C3CCCC3)[nH]c2cc1C. The Morgan fingerprint density at radius 2 is 1.86 bits per heavy atom. The van der Waals surface area contributed by atoms with Gasteiger partial charge in [0.2, 0.25) is 0 Å². The number of amides is 2. The second-order valence-electron chi connectivity index (χ2n) is 7.96. The number of rotatable bonds is 5. The zero-order valence-corrected chi connectivity index (χ0v) is 17.0. The molecule has 0 saturated heterocycles. The highest BCUT2D eigenvalue weighted by Crippen LogP contribution is 2.25. The fourth-order valence-corrected chi connectivity index (χ4v) is 4.06. The number of urea groups is 1. The molecule has 0 unspecified atom stereocenters. The molecule has 1 saturated carbocycles. The summed E-state index contributed by atoms with van der Waals surface area (Å²) in [5.74, 6) is 0.577. The minimum absolute atomic E-state index is 0.133. The molecule has 152 valence electrons. The van der Waals surface area contributed by atoms with E-state index in [1.54, 1.807) is 12.1 Å². The zero-order chi connectivity index (χ0) is 20.4. The van der Waals surface area contributed by atoms with Crippen LogP contribution in [-0.4, -0.2) is 33.5 Å². The summed E-state index contributed by atoms with van der Waals surface area (Å²) in [4.78, 5) is 23.0. The molecule has 0 bridgehead atoms. The Morgan fingerprint density at radius 3 is 2.59 bits per heavy atom. The van der Waals surface area contributed by atoms with Gasteiger partial charge >= 0.3 is 6.03 Å². The summed E-state index contributed by atoms with van der Waals surface area (Å²) >= 11 is 0. The van der Waals surface area contributed by atoms with Gasteiger partial charge in [0.15, 0.2) is 0 Å². The number of hydrogen-bond donors (Lipinski definition) is 2. The third kappa shape index (κ3) is 4.42. The summed E-state index contributed by atoms with van der Waals surface area (Å²) in [7, 11) is 0. The first-order chi connectivity index (χ1) is 14.0. The quantitative estimate of drug-likeness (QED) is 0.614. The van der Waals surface area contributed by atoms with Crippen molar-refractivity contribution in [1.29, 1.82) is 0 Å². The number of carbonyl (C=O) groups excluding carboxylic acids is 1. The number of halogens is 1. The van der Waals surface area contributed by atoms with Crippen molar-refractivity contribution in [2.75, 3.05) is 11.9 Å². The molecule has 4 rings (SSSR count). The fraction of sp³-hybridized carbons (Fsp3) is 0.391. The maximum absolute atomic E-state index is 13.1. The highest BCUT2D eigenvalue weighted by molar-refractivity contribution is 5.89. The summed E-state index contributed by atoms with van der Waals surface area (Å²) in [5, 5.41) is 2.91. The van der Waals surface area contributed by atoms with Crippen molar-refractivity contribution in [3.63, 3.8) is 0 Å². The standard InChI is InChI=1S/C23H27FN4O/c1-15-13-20-21(14-16(15)2)27-22(26-20)11-12-28(19-5-3-4-6-19)23(29)25-18-9-7-17(24)8-10-18/h7-10,13-14,19H,3-6,11-12H2,1-2H3,(H,25,29)(H,26,27). The predicted molar refractivity (Wildman–Crippen MR) is 114 cm³/mol. The van der Waals surface area contributed by atoms with E-state index in [2.05, 4.69) is 36.3 Å². The highest BCUT2D eigenvalue weighted by atomic mass is 19.1. The molecule has 2 N–H and O–H groups in total. The Kier molecular flexibility index (Phi) is 5.51. The molecule has 29 heavy (non-hydrogen) atoms. The lowest BCUT2D eigenvalue weighted by Gasteiger charge is -2.29. The minimum atomic E-state index is -0.314. The molecule has 0 atom stereocenters. The van der Waals surface area contributed by atoms with E-state index in [4.69, 9.17) is 4.98 Å². The van der Waals surface area contributed by atoms with Gasteiger partial charge in [-0.2, -0.15) is 0 Å². The molecule has 5 nitrogen and oxygen atoms in total. The molecule has 0 aliphatic heterocycles. The van der Waals surface area contributed by atoms with Crippen molar-refractivity contribution >= 4 is 22.8 Å². The van der Waals surface area contributed by atoms with Gasteiger partial charge in [0.05, 0.1) is 11.0 Å². The maximum Gasteiger partial charge on any atom is 0.322 e. The molecule has 1 heterocycles. The Hall–Kier alpha value is -2.89. The molecule has 0 radical (unpaired) electrons. The molecule has 1 aliphatic carbocycles. The van der Waals surface area contributed by atoms with Crippen LogP contribution in [0, 0.1) is 19.7 Å². The average Bonchev–Trinajstić information content (AvgIpc) is 3.34. The first kappa shape index (κ1) is 19.4. The van der Waals surface area contributed by atoms with Crippen LogP contribution in [0.2, 0.25) is 0 Å². The first-order valence-electron chi connectivity index (χ1n) is 10.3. The Balaban J connectivity index is 1.48. The van der Waals surface area contributed by atoms with Crippen LogP contribution < -0.4 is 5.32 Å². The van der Waals surface area contributed by atoms with Crippen molar-refractivity contribution in [3.8, 4) is 0 Å². The second kappa shape index (κ2) is 8.23. The number of fused-ring (bicyclic) bond motifs is 1. The zero-order valence-electron chi connectivity index (χ0n) is 17.0. The van der Waals surface area contributed by atoms with Crippen LogP contribution in [0.5, 0.6) is 0 Å². The number of imidazole rings is 1. The lowest BCUT2D eigenvalue weighted by atomic mass is 10.1. The van der Waals surface area contributed by atoms with Gasteiger partial charge in [-0.15, -0.1) is 0 Å². The van der Waals surface area contributed by atoms with Crippen LogP contribution in [0.15, 0.2) is 36.4 Å². The molecule has 2 amide bonds. The number of nitrogens with one attached hydrogen (secondary N) is 2.